The zero-order chi connectivity index (χ0) is 41.3. The molecule has 0 spiro atoms. The van der Waals surface area contributed by atoms with Gasteiger partial charge >= 0.3 is 0 Å². The number of phosphoric ester groups is 2. The fourth-order valence-corrected chi connectivity index (χ4v) is 13.2. The molecule has 0 N–H and O–H groups in total. The summed E-state index contributed by atoms with van der Waals surface area (Å²) in [6.45, 7) is 27.6. The van der Waals surface area contributed by atoms with Gasteiger partial charge < -0.3 is 27.9 Å². The van der Waals surface area contributed by atoms with Crippen molar-refractivity contribution >= 4 is 30.2 Å². The van der Waals surface area contributed by atoms with Gasteiger partial charge in [-0.2, -0.15) is 0 Å². The Balaban J connectivity index is -0.000000315. The summed E-state index contributed by atoms with van der Waals surface area (Å²) in [5, 5.41) is 0. The summed E-state index contributed by atoms with van der Waals surface area (Å²) in [7, 11) is -9.00. The average Bonchev–Trinajstić information content (AvgIpc) is 3.14. The fraction of sp³-hybridized carbons (Fsp3) is 1.00. The highest BCUT2D eigenvalue weighted by Crippen LogP contribution is 2.61. The maximum Gasteiger partial charge on any atom is 0.267 e. The van der Waals surface area contributed by atoms with E-state index in [1.807, 2.05) is 27.7 Å². The van der Waals surface area contributed by atoms with Gasteiger partial charge in [0.15, 0.2) is 0 Å². The minimum Gasteiger partial charge on any atom is -0.756 e. The van der Waals surface area contributed by atoms with Crippen LogP contribution in [0.4, 0.5) is 0 Å². The van der Waals surface area contributed by atoms with Crippen LogP contribution in [0.2, 0.25) is 0 Å². The molecule has 12 heteroatoms. The van der Waals surface area contributed by atoms with E-state index in [4.69, 9.17) is 0 Å². The van der Waals surface area contributed by atoms with Crippen molar-refractivity contribution in [3.8, 4) is 0 Å². The maximum atomic E-state index is 11.0. The van der Waals surface area contributed by atoms with Gasteiger partial charge in [-0.3, -0.25) is 9.13 Å². The molecule has 326 valence electrons. The number of rotatable bonds is 33. The fourth-order valence-electron chi connectivity index (χ4n) is 5.05. The van der Waals surface area contributed by atoms with Crippen LogP contribution in [0, 0.1) is 0 Å². The lowest BCUT2D eigenvalue weighted by molar-refractivity contribution is -0.227. The van der Waals surface area contributed by atoms with Gasteiger partial charge in [-0.1, -0.05) is 113 Å². The molecule has 0 atom stereocenters. The zero-order valence-corrected chi connectivity index (χ0v) is 41.1. The molecule has 0 aliphatic carbocycles. The van der Waals surface area contributed by atoms with Crippen LogP contribution >= 0.6 is 30.2 Å². The minimum atomic E-state index is -4.00. The van der Waals surface area contributed by atoms with Crippen molar-refractivity contribution in [2.24, 2.45) is 0 Å². The largest absolute Gasteiger partial charge is 0.756 e. The molecule has 0 fully saturated rings. The van der Waals surface area contributed by atoms with Gasteiger partial charge in [-0.15, -0.1) is 0 Å². The van der Waals surface area contributed by atoms with Crippen molar-refractivity contribution in [2.45, 2.75) is 192 Å². The molecule has 53 heavy (non-hydrogen) atoms. The Morgan fingerprint density at radius 1 is 0.377 bits per heavy atom. The van der Waals surface area contributed by atoms with Gasteiger partial charge in [0.1, 0.15) is 0 Å². The highest BCUT2D eigenvalue weighted by molar-refractivity contribution is 7.76. The van der Waals surface area contributed by atoms with E-state index in [-0.39, 0.29) is 26.4 Å². The van der Waals surface area contributed by atoms with E-state index in [2.05, 4.69) is 73.2 Å². The van der Waals surface area contributed by atoms with Crippen molar-refractivity contribution in [3.63, 3.8) is 0 Å². The molecule has 0 unspecified atom stereocenters. The molecule has 0 saturated carbocycles. The molecule has 0 rings (SSSR count). The Morgan fingerprint density at radius 2 is 0.623 bits per heavy atom. The molecular weight excluding hydrogens is 744 g/mol. The average molecular weight is 839 g/mol. The molecule has 0 aromatic heterocycles. The Bertz CT molecular complexity index is 721. The van der Waals surface area contributed by atoms with E-state index in [9.17, 15) is 18.9 Å². The first-order valence-corrected chi connectivity index (χ1v) is 30.3. The van der Waals surface area contributed by atoms with Gasteiger partial charge in [0, 0.05) is 21.2 Å². The summed E-state index contributed by atoms with van der Waals surface area (Å²) in [5.74, 6) is 0. The van der Waals surface area contributed by atoms with E-state index in [0.29, 0.717) is 0 Å². The van der Waals surface area contributed by atoms with Crippen LogP contribution in [-0.4, -0.2) is 76.2 Å². The summed E-state index contributed by atoms with van der Waals surface area (Å²) < 4.78 is 40.3. The van der Waals surface area contributed by atoms with Gasteiger partial charge in [-0.25, -0.2) is 0 Å². The van der Waals surface area contributed by atoms with Crippen molar-refractivity contribution in [1.29, 1.82) is 0 Å². The number of hydrogen-bond acceptors (Lipinski definition) is 8. The lowest BCUT2D eigenvalue weighted by atomic mass is 10.2. The minimum absolute atomic E-state index is 0.226. The smallest absolute Gasteiger partial charge is 0.267 e. The van der Waals surface area contributed by atoms with Gasteiger partial charge in [0.25, 0.3) is 15.6 Å². The van der Waals surface area contributed by atoms with Crippen LogP contribution in [0.25, 0.3) is 0 Å². The molecule has 0 aromatic carbocycles. The number of phosphoric acid groups is 2. The standard InChI is InChI=1S/C18H40P.2C8H19O4P.C7H18P/c1-5-9-13-14-18-19(15-10-6-2,16-11-7-3)17-12-8-4;2*1-3-5-7-11-13(9,10)12-8-6-4-2;1-5-8(4,6-2)7-3/h5-18H2,1-4H3;2*3-8H2,1-2H3,(H,9,10);5-7H2,1-4H3/q+1;;;+1/p-2. The molecule has 0 bridgehead atoms. The van der Waals surface area contributed by atoms with E-state index in [1.165, 1.54) is 82.7 Å². The Hall–Kier alpha value is 1.08. The second-order valence-electron chi connectivity index (χ2n) is 14.6. The number of unbranched alkanes of at least 4 members (excludes halogenated alkanes) is 10. The van der Waals surface area contributed by atoms with Crippen LogP contribution in [0.5, 0.6) is 0 Å². The monoisotopic (exact) mass is 839 g/mol. The number of hydrogen-bond donors (Lipinski definition) is 0. The van der Waals surface area contributed by atoms with Crippen molar-refractivity contribution in [3.05, 3.63) is 0 Å². The summed E-state index contributed by atoms with van der Waals surface area (Å²) in [4.78, 5) is 21.9. The van der Waals surface area contributed by atoms with Crippen molar-refractivity contribution < 1.29 is 37.0 Å². The van der Waals surface area contributed by atoms with Crippen molar-refractivity contribution in [1.82, 2.24) is 0 Å². The van der Waals surface area contributed by atoms with Crippen LogP contribution in [0.3, 0.4) is 0 Å². The Kier molecular flexibility index (Phi) is 48.9. The molecule has 0 aliphatic heterocycles. The second kappa shape index (κ2) is 42.7. The topological polar surface area (TPSA) is 117 Å². The first kappa shape index (κ1) is 60.8. The van der Waals surface area contributed by atoms with E-state index in [0.717, 1.165) is 51.4 Å². The third-order valence-corrected chi connectivity index (χ3v) is 21.4. The molecule has 8 nitrogen and oxygen atoms in total. The molecular formula is C41H94O8P4. The second-order valence-corrected chi connectivity index (χ2v) is 27.0. The summed E-state index contributed by atoms with van der Waals surface area (Å²) >= 11 is 0. The normalized spacial score (nSPS) is 12.0. The van der Waals surface area contributed by atoms with Crippen LogP contribution in [0.1, 0.15) is 192 Å². The quantitative estimate of drug-likeness (QED) is 0.0474. The highest BCUT2D eigenvalue weighted by atomic mass is 31.2. The third-order valence-electron chi connectivity index (χ3n) is 9.72. The SMILES string of the molecule is CCCCCC[P+](CCCC)(CCCC)CCCC.CCCCOP(=O)([O-])OCCCC.CCCCOP(=O)([O-])OCCCC.CC[P+](C)(CC)CC. The highest BCUT2D eigenvalue weighted by Gasteiger charge is 2.34. The summed E-state index contributed by atoms with van der Waals surface area (Å²) in [6, 6.07) is 0. The first-order chi connectivity index (χ1) is 25.2. The predicted molar refractivity (Wildman–Crippen MR) is 238 cm³/mol. The molecule has 0 radical (unpaired) electrons. The van der Waals surface area contributed by atoms with E-state index >= 15 is 0 Å². The summed E-state index contributed by atoms with van der Waals surface area (Å²) in [6.07, 6.45) is 31.9. The molecule has 0 saturated heterocycles. The molecule has 0 aliphatic rings. The molecule has 0 heterocycles. The van der Waals surface area contributed by atoms with Crippen LogP contribution in [0.15, 0.2) is 0 Å². The third kappa shape index (κ3) is 44.0. The predicted octanol–water partition coefficient (Wildman–Crippen LogP) is 13.9. The van der Waals surface area contributed by atoms with Crippen LogP contribution < -0.4 is 9.79 Å². The Labute approximate surface area is 334 Å². The zero-order valence-electron chi connectivity index (χ0n) is 37.6. The van der Waals surface area contributed by atoms with Gasteiger partial charge in [-0.05, 0) is 78.6 Å². The lowest BCUT2D eigenvalue weighted by Crippen LogP contribution is -2.12. The maximum absolute atomic E-state index is 11.0. The van der Waals surface area contributed by atoms with Crippen LogP contribution in [-0.2, 0) is 27.2 Å². The van der Waals surface area contributed by atoms with Crippen molar-refractivity contribution in [2.75, 3.05) is 76.2 Å². The molecule has 0 amide bonds. The van der Waals surface area contributed by atoms with Gasteiger partial charge in [0.2, 0.25) is 0 Å². The first-order valence-electron chi connectivity index (χ1n) is 22.1. The van der Waals surface area contributed by atoms with E-state index in [1.54, 1.807) is 24.6 Å². The Morgan fingerprint density at radius 3 is 0.830 bits per heavy atom. The summed E-state index contributed by atoms with van der Waals surface area (Å²) in [5.41, 5.74) is 0. The van der Waals surface area contributed by atoms with E-state index < -0.39 is 30.2 Å². The molecule has 0 aromatic rings. The van der Waals surface area contributed by atoms with Gasteiger partial charge in [0.05, 0.1) is 69.6 Å². The lowest BCUT2D eigenvalue weighted by Gasteiger charge is -2.28.